The van der Waals surface area contributed by atoms with Crippen LogP contribution in [0.15, 0.2) is 18.2 Å². The van der Waals surface area contributed by atoms with Gasteiger partial charge in [0, 0.05) is 12.8 Å². The Morgan fingerprint density at radius 2 is 1.41 bits per heavy atom. The molecule has 1 aromatic rings. The molecule has 0 saturated carbocycles. The zero-order valence-corrected chi connectivity index (χ0v) is 24.8. The van der Waals surface area contributed by atoms with Gasteiger partial charge in [-0.2, -0.15) is 0 Å². The number of ether oxygens (including phenoxy) is 4. The molecule has 0 aliphatic carbocycles. The molecular weight excluding hydrogens is 502 g/mol. The highest BCUT2D eigenvalue weighted by Crippen LogP contribution is 2.31. The minimum Gasteiger partial charge on any atom is -0.461 e. The first-order chi connectivity index (χ1) is 18.2. The Bertz CT molecular complexity index is 974. The number of hydrogen-bond donors (Lipinski definition) is 1. The van der Waals surface area contributed by atoms with Crippen molar-refractivity contribution in [3.63, 3.8) is 0 Å². The van der Waals surface area contributed by atoms with Gasteiger partial charge in [0.1, 0.15) is 18.8 Å². The highest BCUT2D eigenvalue weighted by Gasteiger charge is 2.28. The molecule has 9 heteroatoms. The SMILES string of the molecule is CCC(C)CC(=O)Oc1ccc(C[C@H](N)C(=O)O[C@@H](C)COC(=O)C(C)(C)CC)cc1OC(=O)CC(C)CC. The van der Waals surface area contributed by atoms with Crippen molar-refractivity contribution in [1.82, 2.24) is 0 Å². The van der Waals surface area contributed by atoms with Crippen molar-refractivity contribution in [1.29, 1.82) is 0 Å². The van der Waals surface area contributed by atoms with E-state index in [1.807, 2.05) is 34.6 Å². The third-order valence-corrected chi connectivity index (χ3v) is 6.84. The van der Waals surface area contributed by atoms with Gasteiger partial charge in [0.15, 0.2) is 11.5 Å². The number of hydrogen-bond acceptors (Lipinski definition) is 9. The highest BCUT2D eigenvalue weighted by atomic mass is 16.6. The van der Waals surface area contributed by atoms with Crippen molar-refractivity contribution in [3.05, 3.63) is 23.8 Å². The van der Waals surface area contributed by atoms with E-state index in [2.05, 4.69) is 0 Å². The van der Waals surface area contributed by atoms with E-state index in [9.17, 15) is 19.2 Å². The minimum absolute atomic E-state index is 0.0757. The smallest absolute Gasteiger partial charge is 0.323 e. The van der Waals surface area contributed by atoms with E-state index in [0.717, 1.165) is 12.8 Å². The topological polar surface area (TPSA) is 131 Å². The lowest BCUT2D eigenvalue weighted by atomic mass is 9.91. The van der Waals surface area contributed by atoms with Crippen LogP contribution >= 0.6 is 0 Å². The molecule has 9 nitrogen and oxygen atoms in total. The van der Waals surface area contributed by atoms with Crippen LogP contribution in [0.5, 0.6) is 11.5 Å². The molecule has 0 bridgehead atoms. The van der Waals surface area contributed by atoms with Crippen molar-refractivity contribution in [2.45, 2.75) is 106 Å². The number of esters is 4. The first-order valence-corrected chi connectivity index (χ1v) is 13.9. The number of rotatable bonds is 16. The van der Waals surface area contributed by atoms with Gasteiger partial charge in [0.25, 0.3) is 0 Å². The van der Waals surface area contributed by atoms with Gasteiger partial charge in [0.05, 0.1) is 5.41 Å². The second-order valence-electron chi connectivity index (χ2n) is 11.1. The van der Waals surface area contributed by atoms with E-state index in [4.69, 9.17) is 24.7 Å². The first kappa shape index (κ1) is 34.1. The summed E-state index contributed by atoms with van der Waals surface area (Å²) in [5, 5.41) is 0. The van der Waals surface area contributed by atoms with Gasteiger partial charge in [-0.15, -0.1) is 0 Å². The van der Waals surface area contributed by atoms with Gasteiger partial charge < -0.3 is 24.7 Å². The monoisotopic (exact) mass is 549 g/mol. The van der Waals surface area contributed by atoms with Gasteiger partial charge in [-0.3, -0.25) is 19.2 Å². The average molecular weight is 550 g/mol. The maximum absolute atomic E-state index is 12.6. The predicted molar refractivity (Wildman–Crippen MR) is 148 cm³/mol. The molecule has 0 radical (unpaired) electrons. The standard InChI is InChI=1S/C30H47NO8/c1-9-19(4)14-26(32)38-24-13-12-22(17-25(24)39-27(33)15-20(5)10-2)16-23(31)28(34)37-21(6)18-36-29(35)30(7,8)11-3/h12-13,17,19-21,23H,9-11,14-16,18,31H2,1-8H3/t19?,20?,21-,23-/m0/s1. The lowest BCUT2D eigenvalue weighted by molar-refractivity contribution is -0.164. The van der Waals surface area contributed by atoms with E-state index in [0.29, 0.717) is 12.0 Å². The normalized spacial score (nSPS) is 14.5. The van der Waals surface area contributed by atoms with E-state index in [1.54, 1.807) is 32.9 Å². The molecule has 0 fully saturated rings. The van der Waals surface area contributed by atoms with Gasteiger partial charge in [0.2, 0.25) is 0 Å². The summed E-state index contributed by atoms with van der Waals surface area (Å²) < 4.78 is 21.7. The molecule has 4 atom stereocenters. The van der Waals surface area contributed by atoms with E-state index in [-0.39, 0.29) is 55.2 Å². The van der Waals surface area contributed by atoms with Crippen LogP contribution in [-0.2, 0) is 35.1 Å². The summed E-state index contributed by atoms with van der Waals surface area (Å²) in [5.74, 6) is -1.38. The predicted octanol–water partition coefficient (Wildman–Crippen LogP) is 5.15. The van der Waals surface area contributed by atoms with Crippen molar-refractivity contribution >= 4 is 23.9 Å². The Kier molecular flexibility index (Phi) is 14.2. The van der Waals surface area contributed by atoms with Crippen LogP contribution in [0.4, 0.5) is 0 Å². The number of nitrogens with two attached hydrogens (primary N) is 1. The molecule has 0 aliphatic heterocycles. The zero-order chi connectivity index (χ0) is 29.8. The lowest BCUT2D eigenvalue weighted by Gasteiger charge is -2.22. The van der Waals surface area contributed by atoms with Gasteiger partial charge in [-0.25, -0.2) is 0 Å². The molecule has 0 aromatic heterocycles. The van der Waals surface area contributed by atoms with Crippen molar-refractivity contribution in [2.24, 2.45) is 23.0 Å². The summed E-state index contributed by atoms with van der Waals surface area (Å²) in [5.41, 5.74) is 6.07. The van der Waals surface area contributed by atoms with Crippen LogP contribution < -0.4 is 15.2 Å². The van der Waals surface area contributed by atoms with Gasteiger partial charge >= 0.3 is 23.9 Å². The molecule has 0 aliphatic rings. The third kappa shape index (κ3) is 12.2. The van der Waals surface area contributed by atoms with E-state index >= 15 is 0 Å². The number of carbonyl (C=O) groups is 4. The molecule has 1 rings (SSSR count). The maximum atomic E-state index is 12.6. The second-order valence-corrected chi connectivity index (χ2v) is 11.1. The molecule has 1 aromatic carbocycles. The third-order valence-electron chi connectivity index (χ3n) is 6.84. The molecule has 39 heavy (non-hydrogen) atoms. The number of benzene rings is 1. The maximum Gasteiger partial charge on any atom is 0.323 e. The summed E-state index contributed by atoms with van der Waals surface area (Å²) in [6.07, 6.45) is 2.13. The van der Waals surface area contributed by atoms with Crippen LogP contribution in [0, 0.1) is 17.3 Å². The van der Waals surface area contributed by atoms with Crippen molar-refractivity contribution < 1.29 is 38.1 Å². The fraction of sp³-hybridized carbons (Fsp3) is 0.667. The van der Waals surface area contributed by atoms with E-state index in [1.165, 1.54) is 6.07 Å². The summed E-state index contributed by atoms with van der Waals surface area (Å²) in [6.45, 7) is 14.9. The largest absolute Gasteiger partial charge is 0.461 e. The zero-order valence-electron chi connectivity index (χ0n) is 24.8. The summed E-state index contributed by atoms with van der Waals surface area (Å²) in [4.78, 5) is 49.6. The summed E-state index contributed by atoms with van der Waals surface area (Å²) in [6, 6.07) is 3.72. The van der Waals surface area contributed by atoms with Crippen LogP contribution in [-0.4, -0.2) is 42.6 Å². The van der Waals surface area contributed by atoms with Gasteiger partial charge in [-0.1, -0.05) is 53.5 Å². The Morgan fingerprint density at radius 1 is 0.872 bits per heavy atom. The quantitative estimate of drug-likeness (QED) is 0.220. The molecule has 0 heterocycles. The molecule has 0 amide bonds. The highest BCUT2D eigenvalue weighted by molar-refractivity contribution is 5.78. The molecule has 2 unspecified atom stereocenters. The van der Waals surface area contributed by atoms with Crippen molar-refractivity contribution in [2.75, 3.05) is 6.61 Å². The van der Waals surface area contributed by atoms with Crippen LogP contribution in [0.25, 0.3) is 0 Å². The Hall–Kier alpha value is -2.94. The molecule has 0 spiro atoms. The molecule has 220 valence electrons. The Labute approximate surface area is 233 Å². The van der Waals surface area contributed by atoms with Crippen LogP contribution in [0.2, 0.25) is 0 Å². The minimum atomic E-state index is -1.02. The van der Waals surface area contributed by atoms with Crippen LogP contribution in [0.1, 0.15) is 93.1 Å². The first-order valence-electron chi connectivity index (χ1n) is 13.9. The lowest BCUT2D eigenvalue weighted by Crippen LogP contribution is -2.38. The second kappa shape index (κ2) is 16.2. The molecular formula is C30H47NO8. The fourth-order valence-electron chi connectivity index (χ4n) is 3.22. The molecule has 2 N–H and O–H groups in total. The summed E-state index contributed by atoms with van der Waals surface area (Å²) >= 11 is 0. The van der Waals surface area contributed by atoms with Gasteiger partial charge in [-0.05, 0) is 63.1 Å². The average Bonchev–Trinajstić information content (AvgIpc) is 2.88. The summed E-state index contributed by atoms with van der Waals surface area (Å²) in [7, 11) is 0. The Morgan fingerprint density at radius 3 is 1.92 bits per heavy atom. The van der Waals surface area contributed by atoms with E-state index < -0.39 is 35.5 Å². The Balaban J connectivity index is 2.92. The van der Waals surface area contributed by atoms with Crippen molar-refractivity contribution in [3.8, 4) is 11.5 Å². The molecule has 0 saturated heterocycles. The fourth-order valence-corrected chi connectivity index (χ4v) is 3.22. The van der Waals surface area contributed by atoms with Crippen LogP contribution in [0.3, 0.4) is 0 Å². The number of carbonyl (C=O) groups excluding carboxylic acids is 4.